The molecule has 0 amide bonds. The van der Waals surface area contributed by atoms with Crippen LogP contribution in [0.15, 0.2) is 18.2 Å². The Labute approximate surface area is 135 Å². The summed E-state index contributed by atoms with van der Waals surface area (Å²) >= 11 is 0. The van der Waals surface area contributed by atoms with Crippen molar-refractivity contribution in [3.05, 3.63) is 29.3 Å². The van der Waals surface area contributed by atoms with E-state index >= 15 is 0 Å². The second-order valence-electron chi connectivity index (χ2n) is 7.39. The Morgan fingerprint density at radius 1 is 1.18 bits per heavy atom. The molecule has 1 N–H and O–H groups in total. The van der Waals surface area contributed by atoms with Gasteiger partial charge in [-0.25, -0.2) is 0 Å². The predicted octanol–water partition coefficient (Wildman–Crippen LogP) is 3.43. The van der Waals surface area contributed by atoms with Gasteiger partial charge in [0.25, 0.3) is 0 Å². The third-order valence-electron chi connectivity index (χ3n) is 5.13. The summed E-state index contributed by atoms with van der Waals surface area (Å²) in [6.45, 7) is 10.9. The van der Waals surface area contributed by atoms with Crippen LogP contribution in [0.3, 0.4) is 0 Å². The molecule has 22 heavy (non-hydrogen) atoms. The zero-order valence-corrected chi connectivity index (χ0v) is 14.3. The standard InChI is InChI=1S/C19H30N2O/c1-15-11-16(2)13-18(12-15)21-8-5-17(6-9-21)20-14-19(3)7-4-10-22-19/h11-13,17,20H,4-10,14H2,1-3H3/t19-/m0/s1. The highest BCUT2D eigenvalue weighted by Crippen LogP contribution is 2.26. The predicted molar refractivity (Wildman–Crippen MR) is 92.7 cm³/mol. The molecule has 2 aliphatic heterocycles. The second kappa shape index (κ2) is 6.59. The molecule has 0 saturated carbocycles. The molecular weight excluding hydrogens is 272 g/mol. The maximum atomic E-state index is 5.88. The number of piperidine rings is 1. The van der Waals surface area contributed by atoms with Crippen LogP contribution in [0.25, 0.3) is 0 Å². The van der Waals surface area contributed by atoms with Gasteiger partial charge in [0.15, 0.2) is 0 Å². The number of nitrogens with zero attached hydrogens (tertiary/aromatic N) is 1. The lowest BCUT2D eigenvalue weighted by atomic mass is 9.99. The molecule has 1 aromatic carbocycles. The lowest BCUT2D eigenvalue weighted by Gasteiger charge is -2.36. The van der Waals surface area contributed by atoms with Gasteiger partial charge in [0.1, 0.15) is 0 Å². The fourth-order valence-corrected chi connectivity index (χ4v) is 3.81. The molecule has 2 aliphatic rings. The number of benzene rings is 1. The first-order chi connectivity index (χ1) is 10.5. The van der Waals surface area contributed by atoms with E-state index < -0.39 is 0 Å². The molecular formula is C19H30N2O. The van der Waals surface area contributed by atoms with E-state index in [2.05, 4.69) is 49.2 Å². The molecule has 0 bridgehead atoms. The minimum Gasteiger partial charge on any atom is -0.374 e. The molecule has 3 rings (SSSR count). The molecule has 122 valence electrons. The first kappa shape index (κ1) is 15.8. The summed E-state index contributed by atoms with van der Waals surface area (Å²) in [5.41, 5.74) is 4.19. The Bertz CT molecular complexity index is 480. The van der Waals surface area contributed by atoms with Gasteiger partial charge < -0.3 is 15.0 Å². The third-order valence-corrected chi connectivity index (χ3v) is 5.13. The lowest BCUT2D eigenvalue weighted by molar-refractivity contribution is 0.0181. The zero-order valence-electron chi connectivity index (χ0n) is 14.3. The van der Waals surface area contributed by atoms with Gasteiger partial charge in [0, 0.05) is 38.0 Å². The van der Waals surface area contributed by atoms with Crippen molar-refractivity contribution < 1.29 is 4.74 Å². The molecule has 3 heteroatoms. The Hall–Kier alpha value is -1.06. The summed E-state index contributed by atoms with van der Waals surface area (Å²) in [7, 11) is 0. The number of anilines is 1. The molecule has 0 unspecified atom stereocenters. The van der Waals surface area contributed by atoms with Gasteiger partial charge in [-0.1, -0.05) is 6.07 Å². The molecule has 1 atom stereocenters. The van der Waals surface area contributed by atoms with Crippen molar-refractivity contribution in [1.29, 1.82) is 0 Å². The third kappa shape index (κ3) is 3.82. The number of rotatable bonds is 4. The first-order valence-electron chi connectivity index (χ1n) is 8.75. The van der Waals surface area contributed by atoms with Gasteiger partial charge >= 0.3 is 0 Å². The number of hydrogen-bond acceptors (Lipinski definition) is 3. The van der Waals surface area contributed by atoms with Crippen LogP contribution in [-0.2, 0) is 4.74 Å². The quantitative estimate of drug-likeness (QED) is 0.922. The average Bonchev–Trinajstić information content (AvgIpc) is 2.92. The molecule has 2 saturated heterocycles. The normalized spacial score (nSPS) is 26.6. The minimum atomic E-state index is 0.0742. The highest BCUT2D eigenvalue weighted by Gasteiger charge is 2.30. The van der Waals surface area contributed by atoms with Crippen LogP contribution in [0.1, 0.15) is 43.7 Å². The highest BCUT2D eigenvalue weighted by atomic mass is 16.5. The molecule has 0 spiro atoms. The Morgan fingerprint density at radius 3 is 2.45 bits per heavy atom. The van der Waals surface area contributed by atoms with Gasteiger partial charge in [0.05, 0.1) is 5.60 Å². The summed E-state index contributed by atoms with van der Waals surface area (Å²) in [6, 6.07) is 7.52. The van der Waals surface area contributed by atoms with Crippen LogP contribution in [-0.4, -0.2) is 37.9 Å². The van der Waals surface area contributed by atoms with E-state index in [0.29, 0.717) is 6.04 Å². The molecule has 2 heterocycles. The van der Waals surface area contributed by atoms with Crippen molar-refractivity contribution in [3.63, 3.8) is 0 Å². The smallest absolute Gasteiger partial charge is 0.0779 e. The van der Waals surface area contributed by atoms with Crippen LogP contribution in [0.4, 0.5) is 5.69 Å². The summed E-state index contributed by atoms with van der Waals surface area (Å²) < 4.78 is 5.88. The summed E-state index contributed by atoms with van der Waals surface area (Å²) in [5.74, 6) is 0. The van der Waals surface area contributed by atoms with E-state index in [9.17, 15) is 0 Å². The molecule has 1 aromatic rings. The summed E-state index contributed by atoms with van der Waals surface area (Å²) in [6.07, 6.45) is 4.86. The zero-order chi connectivity index (χ0) is 15.6. The lowest BCUT2D eigenvalue weighted by Crippen LogP contribution is -2.47. The highest BCUT2D eigenvalue weighted by molar-refractivity contribution is 5.51. The van der Waals surface area contributed by atoms with Gasteiger partial charge in [-0.3, -0.25) is 0 Å². The van der Waals surface area contributed by atoms with Crippen LogP contribution < -0.4 is 10.2 Å². The van der Waals surface area contributed by atoms with Crippen molar-refractivity contribution in [3.8, 4) is 0 Å². The van der Waals surface area contributed by atoms with Crippen LogP contribution in [0.2, 0.25) is 0 Å². The second-order valence-corrected chi connectivity index (χ2v) is 7.39. The number of hydrogen-bond donors (Lipinski definition) is 1. The number of ether oxygens (including phenoxy) is 1. The summed E-state index contributed by atoms with van der Waals surface area (Å²) in [4.78, 5) is 2.53. The summed E-state index contributed by atoms with van der Waals surface area (Å²) in [5, 5.41) is 3.75. The Balaban J connectivity index is 1.49. The topological polar surface area (TPSA) is 24.5 Å². The van der Waals surface area contributed by atoms with E-state index in [1.54, 1.807) is 0 Å². The number of aryl methyl sites for hydroxylation is 2. The van der Waals surface area contributed by atoms with Crippen molar-refractivity contribution in [2.24, 2.45) is 0 Å². The van der Waals surface area contributed by atoms with Crippen LogP contribution >= 0.6 is 0 Å². The van der Waals surface area contributed by atoms with E-state index in [-0.39, 0.29) is 5.60 Å². The van der Waals surface area contributed by atoms with Crippen molar-refractivity contribution >= 4 is 5.69 Å². The molecule has 0 aliphatic carbocycles. The Morgan fingerprint density at radius 2 is 1.86 bits per heavy atom. The largest absolute Gasteiger partial charge is 0.374 e. The van der Waals surface area contributed by atoms with E-state index in [1.165, 1.54) is 42.5 Å². The van der Waals surface area contributed by atoms with Gasteiger partial charge in [-0.15, -0.1) is 0 Å². The molecule has 2 fully saturated rings. The molecule has 0 radical (unpaired) electrons. The van der Waals surface area contributed by atoms with E-state index in [1.807, 2.05) is 0 Å². The maximum absolute atomic E-state index is 5.88. The monoisotopic (exact) mass is 302 g/mol. The average molecular weight is 302 g/mol. The van der Waals surface area contributed by atoms with Gasteiger partial charge in [-0.05, 0) is 69.7 Å². The van der Waals surface area contributed by atoms with Gasteiger partial charge in [-0.2, -0.15) is 0 Å². The SMILES string of the molecule is Cc1cc(C)cc(N2CCC(NC[C@]3(C)CCCO3)CC2)c1. The van der Waals surface area contributed by atoms with Gasteiger partial charge in [0.2, 0.25) is 0 Å². The first-order valence-corrected chi connectivity index (χ1v) is 8.75. The van der Waals surface area contributed by atoms with Crippen molar-refractivity contribution in [2.75, 3.05) is 31.1 Å². The Kier molecular flexibility index (Phi) is 4.74. The fraction of sp³-hybridized carbons (Fsp3) is 0.684. The van der Waals surface area contributed by atoms with E-state index in [4.69, 9.17) is 4.74 Å². The molecule has 3 nitrogen and oxygen atoms in total. The van der Waals surface area contributed by atoms with Crippen LogP contribution in [0, 0.1) is 13.8 Å². The molecule has 0 aromatic heterocycles. The van der Waals surface area contributed by atoms with E-state index in [0.717, 1.165) is 26.2 Å². The van der Waals surface area contributed by atoms with Crippen molar-refractivity contribution in [2.45, 2.75) is 58.1 Å². The number of nitrogens with one attached hydrogen (secondary N) is 1. The van der Waals surface area contributed by atoms with Crippen molar-refractivity contribution in [1.82, 2.24) is 5.32 Å². The fourth-order valence-electron chi connectivity index (χ4n) is 3.81. The maximum Gasteiger partial charge on any atom is 0.0779 e. The van der Waals surface area contributed by atoms with Crippen LogP contribution in [0.5, 0.6) is 0 Å². The minimum absolute atomic E-state index is 0.0742.